The first-order chi connectivity index (χ1) is 16.0. The molecule has 0 atom stereocenters. The largest absolute Gasteiger partial charge is 0.497 e. The number of ether oxygens (including phenoxy) is 1. The molecule has 33 heavy (non-hydrogen) atoms. The SMILES string of the molecule is COc1cccc(CNC(=O)c2cccc(N3CCCN(Cc4ccccc4F)C3=O)c2)c1. The van der Waals surface area contributed by atoms with Crippen molar-refractivity contribution < 1.29 is 18.7 Å². The Bertz CT molecular complexity index is 1150. The van der Waals surface area contributed by atoms with Crippen LogP contribution in [0.2, 0.25) is 0 Å². The molecule has 0 spiro atoms. The van der Waals surface area contributed by atoms with E-state index in [1.807, 2.05) is 30.3 Å². The average Bonchev–Trinajstić information content (AvgIpc) is 2.85. The molecule has 1 aliphatic heterocycles. The van der Waals surface area contributed by atoms with Gasteiger partial charge in [-0.25, -0.2) is 9.18 Å². The van der Waals surface area contributed by atoms with E-state index in [4.69, 9.17) is 4.74 Å². The molecule has 0 aromatic heterocycles. The molecule has 6 nitrogen and oxygen atoms in total. The summed E-state index contributed by atoms with van der Waals surface area (Å²) in [4.78, 5) is 29.1. The van der Waals surface area contributed by atoms with Gasteiger partial charge in [0, 0.05) is 36.4 Å². The number of amides is 3. The van der Waals surface area contributed by atoms with E-state index in [0.29, 0.717) is 36.4 Å². The molecular weight excluding hydrogens is 421 g/mol. The number of anilines is 1. The van der Waals surface area contributed by atoms with E-state index in [-0.39, 0.29) is 24.3 Å². The van der Waals surface area contributed by atoms with Crippen molar-refractivity contribution in [3.63, 3.8) is 0 Å². The van der Waals surface area contributed by atoms with Crippen molar-refractivity contribution in [2.75, 3.05) is 25.1 Å². The minimum absolute atomic E-state index is 0.196. The monoisotopic (exact) mass is 447 g/mol. The fraction of sp³-hybridized carbons (Fsp3) is 0.231. The van der Waals surface area contributed by atoms with Crippen LogP contribution in [0.1, 0.15) is 27.9 Å². The summed E-state index contributed by atoms with van der Waals surface area (Å²) in [5, 5.41) is 2.91. The maximum absolute atomic E-state index is 14.1. The summed E-state index contributed by atoms with van der Waals surface area (Å²) in [5.74, 6) is 0.178. The highest BCUT2D eigenvalue weighted by atomic mass is 19.1. The predicted molar refractivity (Wildman–Crippen MR) is 125 cm³/mol. The number of hydrogen-bond acceptors (Lipinski definition) is 3. The number of urea groups is 1. The highest BCUT2D eigenvalue weighted by Gasteiger charge is 2.27. The molecule has 0 unspecified atom stereocenters. The molecule has 1 saturated heterocycles. The highest BCUT2D eigenvalue weighted by Crippen LogP contribution is 2.23. The Morgan fingerprint density at radius 2 is 1.85 bits per heavy atom. The Morgan fingerprint density at radius 1 is 1.03 bits per heavy atom. The minimum atomic E-state index is -0.322. The number of methoxy groups -OCH3 is 1. The van der Waals surface area contributed by atoms with E-state index in [1.165, 1.54) is 6.07 Å². The first kappa shape index (κ1) is 22.3. The molecule has 0 radical (unpaired) electrons. The number of nitrogens with one attached hydrogen (secondary N) is 1. The van der Waals surface area contributed by atoms with Gasteiger partial charge in [-0.15, -0.1) is 0 Å². The number of hydrogen-bond donors (Lipinski definition) is 1. The van der Waals surface area contributed by atoms with Crippen molar-refractivity contribution in [1.82, 2.24) is 10.2 Å². The molecule has 1 aliphatic rings. The van der Waals surface area contributed by atoms with Gasteiger partial charge in [0.25, 0.3) is 5.91 Å². The number of nitrogens with zero attached hydrogens (tertiary/aromatic N) is 2. The van der Waals surface area contributed by atoms with Gasteiger partial charge in [-0.3, -0.25) is 9.69 Å². The third-order valence-corrected chi connectivity index (χ3v) is 5.64. The Morgan fingerprint density at radius 3 is 2.67 bits per heavy atom. The summed E-state index contributed by atoms with van der Waals surface area (Å²) in [5.41, 5.74) is 2.52. The normalized spacial score (nSPS) is 13.7. The summed E-state index contributed by atoms with van der Waals surface area (Å²) in [6, 6.07) is 20.8. The number of carbonyl (C=O) groups excluding carboxylic acids is 2. The number of rotatable bonds is 7. The van der Waals surface area contributed by atoms with Crippen molar-refractivity contribution >= 4 is 17.6 Å². The van der Waals surface area contributed by atoms with Crippen molar-refractivity contribution in [3.8, 4) is 5.75 Å². The quantitative estimate of drug-likeness (QED) is 0.576. The van der Waals surface area contributed by atoms with E-state index in [2.05, 4.69) is 5.32 Å². The zero-order valence-electron chi connectivity index (χ0n) is 18.5. The van der Waals surface area contributed by atoms with Crippen LogP contribution in [0, 0.1) is 5.82 Å². The van der Waals surface area contributed by atoms with Gasteiger partial charge in [0.2, 0.25) is 0 Å². The van der Waals surface area contributed by atoms with Gasteiger partial charge < -0.3 is 15.0 Å². The molecule has 0 bridgehead atoms. The molecule has 3 amide bonds. The van der Waals surface area contributed by atoms with Crippen LogP contribution in [0.4, 0.5) is 14.9 Å². The number of carbonyl (C=O) groups is 2. The summed E-state index contributed by atoms with van der Waals surface area (Å²) in [6.07, 6.45) is 0.756. The van der Waals surface area contributed by atoms with Crippen LogP contribution < -0.4 is 15.0 Å². The summed E-state index contributed by atoms with van der Waals surface area (Å²) in [7, 11) is 1.60. The van der Waals surface area contributed by atoms with Crippen LogP contribution in [-0.4, -0.2) is 37.0 Å². The second kappa shape index (κ2) is 10.2. The Hall–Kier alpha value is -3.87. The smallest absolute Gasteiger partial charge is 0.324 e. The molecule has 4 rings (SSSR count). The van der Waals surface area contributed by atoms with E-state index < -0.39 is 0 Å². The first-order valence-corrected chi connectivity index (χ1v) is 10.9. The summed E-state index contributed by atoms with van der Waals surface area (Å²) < 4.78 is 19.3. The van der Waals surface area contributed by atoms with E-state index >= 15 is 0 Å². The van der Waals surface area contributed by atoms with Gasteiger partial charge in [-0.05, 0) is 48.4 Å². The Balaban J connectivity index is 1.44. The lowest BCUT2D eigenvalue weighted by molar-refractivity contribution is 0.0950. The van der Waals surface area contributed by atoms with Crippen molar-refractivity contribution in [2.45, 2.75) is 19.5 Å². The third kappa shape index (κ3) is 5.31. The van der Waals surface area contributed by atoms with Gasteiger partial charge in [-0.1, -0.05) is 36.4 Å². The van der Waals surface area contributed by atoms with Crippen molar-refractivity contribution in [1.29, 1.82) is 0 Å². The molecule has 1 N–H and O–H groups in total. The van der Waals surface area contributed by atoms with E-state index in [1.54, 1.807) is 53.3 Å². The van der Waals surface area contributed by atoms with Crippen molar-refractivity contribution in [3.05, 3.63) is 95.3 Å². The lowest BCUT2D eigenvalue weighted by Crippen LogP contribution is -2.49. The molecule has 0 aliphatic carbocycles. The molecule has 7 heteroatoms. The highest BCUT2D eigenvalue weighted by molar-refractivity contribution is 5.98. The molecule has 1 heterocycles. The van der Waals surface area contributed by atoms with Gasteiger partial charge in [0.1, 0.15) is 11.6 Å². The lowest BCUT2D eigenvalue weighted by atomic mass is 10.1. The maximum atomic E-state index is 14.1. The number of halogens is 1. The second-order valence-electron chi connectivity index (χ2n) is 7.89. The van der Waals surface area contributed by atoms with Crippen LogP contribution in [-0.2, 0) is 13.1 Å². The van der Waals surface area contributed by atoms with Crippen LogP contribution in [0.25, 0.3) is 0 Å². The molecule has 3 aromatic rings. The lowest BCUT2D eigenvalue weighted by Gasteiger charge is -2.36. The zero-order valence-corrected chi connectivity index (χ0v) is 18.5. The summed E-state index contributed by atoms with van der Waals surface area (Å²) >= 11 is 0. The van der Waals surface area contributed by atoms with Crippen LogP contribution in [0.5, 0.6) is 5.75 Å². The molecular formula is C26H26FN3O3. The summed E-state index contributed by atoms with van der Waals surface area (Å²) in [6.45, 7) is 1.67. The fourth-order valence-electron chi connectivity index (χ4n) is 3.88. The van der Waals surface area contributed by atoms with Crippen LogP contribution >= 0.6 is 0 Å². The van der Waals surface area contributed by atoms with Crippen LogP contribution in [0.15, 0.2) is 72.8 Å². The topological polar surface area (TPSA) is 61.9 Å². The Kier molecular flexibility index (Phi) is 6.88. The van der Waals surface area contributed by atoms with E-state index in [9.17, 15) is 14.0 Å². The van der Waals surface area contributed by atoms with Gasteiger partial charge in [0.05, 0.1) is 13.7 Å². The average molecular weight is 448 g/mol. The first-order valence-electron chi connectivity index (χ1n) is 10.9. The number of benzene rings is 3. The van der Waals surface area contributed by atoms with Gasteiger partial charge in [0.15, 0.2) is 0 Å². The third-order valence-electron chi connectivity index (χ3n) is 5.64. The molecule has 1 fully saturated rings. The predicted octanol–water partition coefficient (Wildman–Crippen LogP) is 4.60. The molecule has 3 aromatic carbocycles. The van der Waals surface area contributed by atoms with Gasteiger partial charge >= 0.3 is 6.03 Å². The van der Waals surface area contributed by atoms with Gasteiger partial charge in [-0.2, -0.15) is 0 Å². The second-order valence-corrected chi connectivity index (χ2v) is 7.89. The molecule has 0 saturated carbocycles. The standard InChI is InChI=1S/C26H26FN3O3/c1-33-23-11-4-7-19(15-23)17-28-25(31)20-9-5-10-22(16-20)30-14-6-13-29(26(30)32)18-21-8-2-3-12-24(21)27/h2-5,7-12,15-16H,6,13-14,17-18H2,1H3,(H,28,31). The fourth-order valence-corrected chi connectivity index (χ4v) is 3.88. The minimum Gasteiger partial charge on any atom is -0.497 e. The van der Waals surface area contributed by atoms with E-state index in [0.717, 1.165) is 17.7 Å². The maximum Gasteiger partial charge on any atom is 0.324 e. The van der Waals surface area contributed by atoms with Crippen LogP contribution in [0.3, 0.4) is 0 Å². The van der Waals surface area contributed by atoms with Crippen molar-refractivity contribution in [2.24, 2.45) is 0 Å². The molecule has 170 valence electrons. The Labute approximate surface area is 192 Å². The zero-order chi connectivity index (χ0) is 23.2.